The number of nitrogens with zero attached hydrogens (tertiary/aromatic N) is 4. The number of ether oxygens (including phenoxy) is 1. The Kier molecular flexibility index (Phi) is 4.92. The molecule has 4 rings (SSSR count). The molecule has 0 aliphatic carbocycles. The van der Waals surface area contributed by atoms with Crippen molar-refractivity contribution in [3.8, 4) is 5.82 Å². The van der Waals surface area contributed by atoms with E-state index < -0.39 is 6.10 Å². The second kappa shape index (κ2) is 7.21. The van der Waals surface area contributed by atoms with Crippen LogP contribution in [0.5, 0.6) is 0 Å². The standard InChI is InChI=1S/C18H11Cl2IN4O2/c1-9-5-10(21)6-11-14(8-26)27-18(23-16(9)11)13-7-15(20)24-25(13)17-12(19)3-2-4-22-17/h2-8,14H,1H3. The Bertz CT molecular complexity index is 1100. The predicted molar refractivity (Wildman–Crippen MR) is 111 cm³/mol. The molecule has 0 radical (unpaired) electrons. The van der Waals surface area contributed by atoms with Gasteiger partial charge in [-0.15, -0.1) is 0 Å². The predicted octanol–water partition coefficient (Wildman–Crippen LogP) is 4.84. The largest absolute Gasteiger partial charge is 0.460 e. The lowest BCUT2D eigenvalue weighted by Gasteiger charge is -2.24. The molecule has 3 heterocycles. The average Bonchev–Trinajstić information content (AvgIpc) is 3.03. The number of aliphatic imine (C=N–C) groups is 1. The van der Waals surface area contributed by atoms with Gasteiger partial charge in [-0.1, -0.05) is 23.2 Å². The van der Waals surface area contributed by atoms with E-state index in [2.05, 4.69) is 37.7 Å². The van der Waals surface area contributed by atoms with Crippen molar-refractivity contribution in [3.63, 3.8) is 0 Å². The molecule has 0 fully saturated rings. The maximum atomic E-state index is 11.7. The van der Waals surface area contributed by atoms with E-state index in [0.29, 0.717) is 22.2 Å². The van der Waals surface area contributed by atoms with Gasteiger partial charge in [0.05, 0.1) is 10.7 Å². The van der Waals surface area contributed by atoms with Gasteiger partial charge in [0.15, 0.2) is 23.4 Å². The van der Waals surface area contributed by atoms with Crippen LogP contribution in [0, 0.1) is 10.5 Å². The van der Waals surface area contributed by atoms with Crippen molar-refractivity contribution in [2.45, 2.75) is 13.0 Å². The molecule has 136 valence electrons. The third kappa shape index (κ3) is 3.35. The van der Waals surface area contributed by atoms with Crippen LogP contribution in [0.25, 0.3) is 5.82 Å². The number of aldehydes is 1. The van der Waals surface area contributed by atoms with Gasteiger partial charge in [0.2, 0.25) is 5.90 Å². The van der Waals surface area contributed by atoms with Crippen molar-refractivity contribution in [2.24, 2.45) is 4.99 Å². The van der Waals surface area contributed by atoms with E-state index >= 15 is 0 Å². The molecule has 1 aromatic carbocycles. The highest BCUT2D eigenvalue weighted by Gasteiger charge is 2.29. The molecule has 0 amide bonds. The number of halogens is 3. The zero-order valence-electron chi connectivity index (χ0n) is 13.9. The molecular weight excluding hydrogens is 502 g/mol. The fourth-order valence-corrected chi connectivity index (χ4v) is 4.04. The quantitative estimate of drug-likeness (QED) is 0.372. The third-order valence-electron chi connectivity index (χ3n) is 4.02. The molecule has 2 aromatic heterocycles. The van der Waals surface area contributed by atoms with E-state index in [4.69, 9.17) is 27.9 Å². The first kappa shape index (κ1) is 18.4. The molecule has 0 saturated heterocycles. The number of carbonyl (C=O) groups is 1. The van der Waals surface area contributed by atoms with Crippen molar-refractivity contribution < 1.29 is 9.53 Å². The van der Waals surface area contributed by atoms with Gasteiger partial charge in [-0.05, 0) is 59.3 Å². The first-order chi connectivity index (χ1) is 13.0. The van der Waals surface area contributed by atoms with Crippen molar-refractivity contribution >= 4 is 63.7 Å². The number of rotatable bonds is 3. The van der Waals surface area contributed by atoms with Gasteiger partial charge in [0.25, 0.3) is 0 Å². The highest BCUT2D eigenvalue weighted by Crippen LogP contribution is 2.37. The summed E-state index contributed by atoms with van der Waals surface area (Å²) in [5.41, 5.74) is 2.82. The lowest BCUT2D eigenvalue weighted by molar-refractivity contribution is -0.114. The zero-order valence-corrected chi connectivity index (χ0v) is 17.5. The van der Waals surface area contributed by atoms with Crippen LogP contribution in [0.1, 0.15) is 22.9 Å². The second-order valence-corrected chi connectivity index (χ2v) is 7.87. The SMILES string of the molecule is Cc1cc(I)cc2c1N=C(c1cc(Cl)nn1-c1ncccc1Cl)OC2C=O. The Morgan fingerprint density at radius 1 is 1.30 bits per heavy atom. The molecule has 3 aromatic rings. The van der Waals surface area contributed by atoms with E-state index in [1.165, 1.54) is 4.68 Å². The zero-order chi connectivity index (χ0) is 19.1. The fraction of sp³-hybridized carbons (Fsp3) is 0.111. The van der Waals surface area contributed by atoms with Gasteiger partial charge < -0.3 is 4.74 Å². The maximum Gasteiger partial charge on any atom is 0.241 e. The van der Waals surface area contributed by atoms with Crippen LogP contribution in [0.2, 0.25) is 10.2 Å². The second-order valence-electron chi connectivity index (χ2n) is 5.82. The number of carbonyl (C=O) groups excluding carboxylic acids is 1. The number of hydrogen-bond donors (Lipinski definition) is 0. The number of aromatic nitrogens is 3. The van der Waals surface area contributed by atoms with Gasteiger partial charge in [-0.25, -0.2) is 14.7 Å². The molecule has 0 spiro atoms. The van der Waals surface area contributed by atoms with Gasteiger partial charge in [-0.3, -0.25) is 4.79 Å². The number of fused-ring (bicyclic) bond motifs is 1. The lowest BCUT2D eigenvalue weighted by atomic mass is 10.0. The summed E-state index contributed by atoms with van der Waals surface area (Å²) in [6.45, 7) is 1.94. The van der Waals surface area contributed by atoms with Crippen LogP contribution in [0.3, 0.4) is 0 Å². The van der Waals surface area contributed by atoms with Crippen LogP contribution in [0.4, 0.5) is 5.69 Å². The van der Waals surface area contributed by atoms with Gasteiger partial charge in [0, 0.05) is 21.4 Å². The first-order valence-corrected chi connectivity index (χ1v) is 9.69. The molecule has 1 unspecified atom stereocenters. The normalized spacial score (nSPS) is 15.7. The monoisotopic (exact) mass is 512 g/mol. The summed E-state index contributed by atoms with van der Waals surface area (Å²) in [6.07, 6.45) is 1.57. The Morgan fingerprint density at radius 3 is 2.85 bits per heavy atom. The van der Waals surface area contributed by atoms with Gasteiger partial charge in [0.1, 0.15) is 5.69 Å². The van der Waals surface area contributed by atoms with Crippen LogP contribution in [0.15, 0.2) is 41.5 Å². The molecule has 0 bridgehead atoms. The van der Waals surface area contributed by atoms with Crippen LogP contribution < -0.4 is 0 Å². The summed E-state index contributed by atoms with van der Waals surface area (Å²) >= 11 is 14.6. The summed E-state index contributed by atoms with van der Waals surface area (Å²) in [6, 6.07) is 8.90. The summed E-state index contributed by atoms with van der Waals surface area (Å²) in [7, 11) is 0. The number of aryl methyl sites for hydroxylation is 1. The summed E-state index contributed by atoms with van der Waals surface area (Å²) < 4.78 is 8.32. The Labute approximate surface area is 178 Å². The Balaban J connectivity index is 1.91. The van der Waals surface area contributed by atoms with E-state index in [1.807, 2.05) is 19.1 Å². The molecule has 1 atom stereocenters. The minimum absolute atomic E-state index is 0.227. The minimum Gasteiger partial charge on any atom is -0.460 e. The Morgan fingerprint density at radius 2 is 2.11 bits per heavy atom. The molecule has 1 aliphatic rings. The lowest BCUT2D eigenvalue weighted by Crippen LogP contribution is -2.21. The summed E-state index contributed by atoms with van der Waals surface area (Å²) in [4.78, 5) is 20.6. The highest BCUT2D eigenvalue weighted by atomic mass is 127. The van der Waals surface area contributed by atoms with Crippen LogP contribution in [-0.2, 0) is 9.53 Å². The van der Waals surface area contributed by atoms with E-state index in [9.17, 15) is 4.79 Å². The molecule has 9 heteroatoms. The molecule has 1 aliphatic heterocycles. The summed E-state index contributed by atoms with van der Waals surface area (Å²) in [5.74, 6) is 0.616. The van der Waals surface area contributed by atoms with E-state index in [1.54, 1.807) is 24.4 Å². The van der Waals surface area contributed by atoms with E-state index in [-0.39, 0.29) is 11.1 Å². The number of hydrogen-bond acceptors (Lipinski definition) is 5. The summed E-state index contributed by atoms with van der Waals surface area (Å²) in [5, 5.41) is 4.87. The first-order valence-electron chi connectivity index (χ1n) is 7.85. The Hall–Kier alpha value is -1.97. The molecule has 6 nitrogen and oxygen atoms in total. The highest BCUT2D eigenvalue weighted by molar-refractivity contribution is 14.1. The smallest absolute Gasteiger partial charge is 0.241 e. The van der Waals surface area contributed by atoms with Gasteiger partial charge in [-0.2, -0.15) is 5.10 Å². The molecule has 27 heavy (non-hydrogen) atoms. The topological polar surface area (TPSA) is 69.4 Å². The molecule has 0 N–H and O–H groups in total. The molecule has 0 saturated carbocycles. The van der Waals surface area contributed by atoms with Crippen molar-refractivity contribution in [1.82, 2.24) is 14.8 Å². The van der Waals surface area contributed by atoms with Crippen LogP contribution >= 0.6 is 45.8 Å². The third-order valence-corrected chi connectivity index (χ3v) is 5.12. The van der Waals surface area contributed by atoms with Crippen molar-refractivity contribution in [3.05, 3.63) is 67.1 Å². The molecular formula is C18H11Cl2IN4O2. The fourth-order valence-electron chi connectivity index (χ4n) is 2.86. The number of benzene rings is 1. The number of pyridine rings is 1. The minimum atomic E-state index is -0.776. The van der Waals surface area contributed by atoms with Gasteiger partial charge >= 0.3 is 0 Å². The average molecular weight is 513 g/mol. The van der Waals surface area contributed by atoms with Crippen molar-refractivity contribution in [1.29, 1.82) is 0 Å². The van der Waals surface area contributed by atoms with E-state index in [0.717, 1.165) is 21.0 Å². The maximum absolute atomic E-state index is 11.7. The van der Waals surface area contributed by atoms with Crippen molar-refractivity contribution in [2.75, 3.05) is 0 Å². The van der Waals surface area contributed by atoms with Crippen LogP contribution in [-0.4, -0.2) is 26.9 Å².